The number of piperidine rings is 1. The summed E-state index contributed by atoms with van der Waals surface area (Å²) >= 11 is 0. The minimum atomic E-state index is -0.968. The van der Waals surface area contributed by atoms with Gasteiger partial charge in [-0.1, -0.05) is 0 Å². The maximum Gasteiger partial charge on any atom is 0.338 e. The number of ether oxygens (including phenoxy) is 1. The Kier molecular flexibility index (Phi) is 6.06. The van der Waals surface area contributed by atoms with Gasteiger partial charge < -0.3 is 15.0 Å². The number of carbonyl (C=O) groups is 2. The standard InChI is InChI=1S/C21H23FN2O3/c1-15(27-21(26)16-5-7-17(22)8-6-16)20(25)23-18-9-11-19(12-10-18)24-13-3-2-4-14-24/h5-12,15H,2-4,13-14H2,1H3,(H,23,25)/t15-/m0/s1. The molecule has 3 rings (SSSR count). The maximum absolute atomic E-state index is 12.9. The number of rotatable bonds is 5. The van der Waals surface area contributed by atoms with Crippen LogP contribution in [0.25, 0.3) is 0 Å². The summed E-state index contributed by atoms with van der Waals surface area (Å²) in [5.41, 5.74) is 1.98. The minimum Gasteiger partial charge on any atom is -0.449 e. The Labute approximate surface area is 158 Å². The molecule has 2 aromatic rings. The summed E-state index contributed by atoms with van der Waals surface area (Å²) < 4.78 is 18.1. The van der Waals surface area contributed by atoms with Gasteiger partial charge in [-0.3, -0.25) is 4.79 Å². The molecule has 1 aliphatic rings. The number of hydrogen-bond donors (Lipinski definition) is 1. The van der Waals surface area contributed by atoms with Crippen LogP contribution in [0.15, 0.2) is 48.5 Å². The van der Waals surface area contributed by atoms with Gasteiger partial charge in [0.2, 0.25) is 0 Å². The van der Waals surface area contributed by atoms with Crippen molar-refractivity contribution in [3.8, 4) is 0 Å². The van der Waals surface area contributed by atoms with Crippen molar-refractivity contribution in [2.75, 3.05) is 23.3 Å². The van der Waals surface area contributed by atoms with Crippen molar-refractivity contribution < 1.29 is 18.7 Å². The van der Waals surface area contributed by atoms with Crippen LogP contribution in [0, 0.1) is 5.82 Å². The lowest BCUT2D eigenvalue weighted by Crippen LogP contribution is -2.30. The van der Waals surface area contributed by atoms with Crippen molar-refractivity contribution in [3.05, 3.63) is 59.9 Å². The average Bonchev–Trinajstić information content (AvgIpc) is 2.69. The number of nitrogens with one attached hydrogen (secondary N) is 1. The van der Waals surface area contributed by atoms with Crippen molar-refractivity contribution in [1.29, 1.82) is 0 Å². The zero-order valence-electron chi connectivity index (χ0n) is 15.3. The largest absolute Gasteiger partial charge is 0.449 e. The van der Waals surface area contributed by atoms with Gasteiger partial charge in [0.25, 0.3) is 5.91 Å². The number of carbonyl (C=O) groups excluding carboxylic acids is 2. The van der Waals surface area contributed by atoms with Crippen molar-refractivity contribution in [2.24, 2.45) is 0 Å². The molecule has 0 aromatic heterocycles. The molecule has 0 aliphatic carbocycles. The highest BCUT2D eigenvalue weighted by Crippen LogP contribution is 2.22. The molecule has 1 heterocycles. The second-order valence-corrected chi connectivity index (χ2v) is 6.64. The first-order valence-electron chi connectivity index (χ1n) is 9.15. The molecule has 1 fully saturated rings. The summed E-state index contributed by atoms with van der Waals surface area (Å²) in [5.74, 6) is -1.53. The lowest BCUT2D eigenvalue weighted by Gasteiger charge is -2.28. The van der Waals surface area contributed by atoms with Crippen LogP contribution in [-0.2, 0) is 9.53 Å². The molecule has 0 bridgehead atoms. The van der Waals surface area contributed by atoms with Gasteiger partial charge in [-0.15, -0.1) is 0 Å². The molecule has 0 spiro atoms. The van der Waals surface area contributed by atoms with E-state index in [9.17, 15) is 14.0 Å². The number of anilines is 2. The van der Waals surface area contributed by atoms with Crippen LogP contribution in [-0.4, -0.2) is 31.1 Å². The number of benzene rings is 2. The first kappa shape index (κ1) is 18.9. The second-order valence-electron chi connectivity index (χ2n) is 6.64. The molecule has 2 aromatic carbocycles. The van der Waals surface area contributed by atoms with Gasteiger partial charge in [0.15, 0.2) is 6.10 Å². The molecule has 27 heavy (non-hydrogen) atoms. The number of amides is 1. The zero-order valence-corrected chi connectivity index (χ0v) is 15.3. The Bertz CT molecular complexity index is 784. The van der Waals surface area contributed by atoms with E-state index < -0.39 is 23.8 Å². The van der Waals surface area contributed by atoms with E-state index in [0.717, 1.165) is 18.8 Å². The Morgan fingerprint density at radius 2 is 1.63 bits per heavy atom. The summed E-state index contributed by atoms with van der Waals surface area (Å²) in [6.45, 7) is 3.61. The molecule has 1 N–H and O–H groups in total. The Morgan fingerprint density at radius 3 is 2.26 bits per heavy atom. The summed E-state index contributed by atoms with van der Waals surface area (Å²) in [6, 6.07) is 12.6. The van der Waals surface area contributed by atoms with Gasteiger partial charge in [0.1, 0.15) is 5.82 Å². The summed E-state index contributed by atoms with van der Waals surface area (Å²) in [4.78, 5) is 26.6. The van der Waals surface area contributed by atoms with E-state index in [-0.39, 0.29) is 5.56 Å². The lowest BCUT2D eigenvalue weighted by atomic mass is 10.1. The molecule has 1 atom stereocenters. The van der Waals surface area contributed by atoms with Gasteiger partial charge >= 0.3 is 5.97 Å². The fraction of sp³-hybridized carbons (Fsp3) is 0.333. The van der Waals surface area contributed by atoms with Crippen molar-refractivity contribution in [2.45, 2.75) is 32.3 Å². The topological polar surface area (TPSA) is 58.6 Å². The summed E-state index contributed by atoms with van der Waals surface area (Å²) in [7, 11) is 0. The van der Waals surface area contributed by atoms with E-state index >= 15 is 0 Å². The van der Waals surface area contributed by atoms with Crippen LogP contribution in [0.1, 0.15) is 36.5 Å². The van der Waals surface area contributed by atoms with E-state index in [0.29, 0.717) is 5.69 Å². The maximum atomic E-state index is 12.9. The van der Waals surface area contributed by atoms with Crippen LogP contribution >= 0.6 is 0 Å². The van der Waals surface area contributed by atoms with E-state index in [4.69, 9.17) is 4.74 Å². The highest BCUT2D eigenvalue weighted by atomic mass is 19.1. The molecule has 0 radical (unpaired) electrons. The molecule has 142 valence electrons. The predicted octanol–water partition coefficient (Wildman–Crippen LogP) is 4.00. The highest BCUT2D eigenvalue weighted by molar-refractivity contribution is 5.97. The van der Waals surface area contributed by atoms with Crippen LogP contribution in [0.2, 0.25) is 0 Å². The quantitative estimate of drug-likeness (QED) is 0.808. The fourth-order valence-corrected chi connectivity index (χ4v) is 3.02. The van der Waals surface area contributed by atoms with E-state index in [2.05, 4.69) is 10.2 Å². The second kappa shape index (κ2) is 8.66. The van der Waals surface area contributed by atoms with E-state index in [1.54, 1.807) is 0 Å². The van der Waals surface area contributed by atoms with Gasteiger partial charge in [0.05, 0.1) is 5.56 Å². The number of esters is 1. The highest BCUT2D eigenvalue weighted by Gasteiger charge is 2.19. The molecule has 1 amide bonds. The van der Waals surface area contributed by atoms with Gasteiger partial charge in [-0.2, -0.15) is 0 Å². The first-order valence-corrected chi connectivity index (χ1v) is 9.15. The van der Waals surface area contributed by atoms with Crippen LogP contribution < -0.4 is 10.2 Å². The van der Waals surface area contributed by atoms with Gasteiger partial charge in [-0.05, 0) is 74.7 Å². The minimum absolute atomic E-state index is 0.196. The Hall–Kier alpha value is -2.89. The van der Waals surface area contributed by atoms with Crippen molar-refractivity contribution in [1.82, 2.24) is 0 Å². The molecule has 0 unspecified atom stereocenters. The average molecular weight is 370 g/mol. The van der Waals surface area contributed by atoms with Crippen molar-refractivity contribution in [3.63, 3.8) is 0 Å². The third-order valence-corrected chi connectivity index (χ3v) is 4.59. The molecule has 6 heteroatoms. The molecular weight excluding hydrogens is 347 g/mol. The molecule has 1 aliphatic heterocycles. The Balaban J connectivity index is 1.54. The summed E-state index contributed by atoms with van der Waals surface area (Å²) in [6.07, 6.45) is 2.72. The molecule has 1 saturated heterocycles. The third kappa shape index (κ3) is 5.06. The monoisotopic (exact) mass is 370 g/mol. The SMILES string of the molecule is C[C@H](OC(=O)c1ccc(F)cc1)C(=O)Nc1ccc(N2CCCCC2)cc1. The van der Waals surface area contributed by atoms with Crippen LogP contribution in [0.4, 0.5) is 15.8 Å². The fourth-order valence-electron chi connectivity index (χ4n) is 3.02. The summed E-state index contributed by atoms with van der Waals surface area (Å²) in [5, 5.41) is 2.74. The smallest absolute Gasteiger partial charge is 0.338 e. The van der Waals surface area contributed by atoms with E-state index in [1.807, 2.05) is 24.3 Å². The first-order chi connectivity index (χ1) is 13.0. The lowest BCUT2D eigenvalue weighted by molar-refractivity contribution is -0.123. The Morgan fingerprint density at radius 1 is 1.00 bits per heavy atom. The molecular formula is C21H23FN2O3. The normalized spacial score (nSPS) is 15.1. The van der Waals surface area contributed by atoms with Crippen LogP contribution in [0.3, 0.4) is 0 Å². The molecule has 0 saturated carbocycles. The van der Waals surface area contributed by atoms with Crippen molar-refractivity contribution >= 4 is 23.3 Å². The van der Waals surface area contributed by atoms with Crippen LogP contribution in [0.5, 0.6) is 0 Å². The third-order valence-electron chi connectivity index (χ3n) is 4.59. The zero-order chi connectivity index (χ0) is 19.2. The van der Waals surface area contributed by atoms with Gasteiger partial charge in [0, 0.05) is 24.5 Å². The van der Waals surface area contributed by atoms with Gasteiger partial charge in [-0.25, -0.2) is 9.18 Å². The number of hydrogen-bond acceptors (Lipinski definition) is 4. The predicted molar refractivity (Wildman–Crippen MR) is 102 cm³/mol. The molecule has 5 nitrogen and oxygen atoms in total. The van der Waals surface area contributed by atoms with E-state index in [1.165, 1.54) is 50.5 Å². The number of halogens is 1. The number of nitrogens with zero attached hydrogens (tertiary/aromatic N) is 1.